The van der Waals surface area contributed by atoms with Crippen LogP contribution in [0.4, 0.5) is 5.82 Å². The van der Waals surface area contributed by atoms with Crippen LogP contribution >= 0.6 is 0 Å². The Balaban J connectivity index is 1.71. The highest BCUT2D eigenvalue weighted by molar-refractivity contribution is 5.90. The Bertz CT molecular complexity index is 830. The van der Waals surface area contributed by atoms with E-state index < -0.39 is 0 Å². The minimum Gasteiger partial charge on any atom is -0.451 e. The summed E-state index contributed by atoms with van der Waals surface area (Å²) >= 11 is 0. The summed E-state index contributed by atoms with van der Waals surface area (Å²) in [5.41, 5.74) is 3.05. The summed E-state index contributed by atoms with van der Waals surface area (Å²) < 4.78 is 16.9. The maximum absolute atomic E-state index is 6.26. The van der Waals surface area contributed by atoms with Crippen molar-refractivity contribution in [3.05, 3.63) is 23.2 Å². The number of anilines is 1. The SMILES string of the molecule is COCCOCCc1nc(N2CCC[C@H]2C)c2oc3c(c2n1)C(C)CC=C3. The van der Waals surface area contributed by atoms with Crippen molar-refractivity contribution in [1.82, 2.24) is 9.97 Å². The van der Waals surface area contributed by atoms with Gasteiger partial charge in [0.15, 0.2) is 11.4 Å². The first-order chi connectivity index (χ1) is 13.2. The third-order valence-corrected chi connectivity index (χ3v) is 5.61. The van der Waals surface area contributed by atoms with Crippen molar-refractivity contribution in [1.29, 1.82) is 0 Å². The van der Waals surface area contributed by atoms with Crippen LogP contribution in [-0.4, -0.2) is 49.5 Å². The standard InChI is InChI=1S/C21H29N3O3/c1-14-6-4-8-16-18(14)19-20(27-16)21(24-10-5-7-15(24)2)23-17(22-19)9-11-26-13-12-25-3/h4,8,14-15H,5-7,9-13H2,1-3H3/t14?,15-/m1/s1. The fraction of sp³-hybridized carbons (Fsp3) is 0.619. The zero-order valence-corrected chi connectivity index (χ0v) is 16.5. The smallest absolute Gasteiger partial charge is 0.195 e. The first-order valence-electron chi connectivity index (χ1n) is 10.0. The highest BCUT2D eigenvalue weighted by atomic mass is 16.5. The monoisotopic (exact) mass is 371 g/mol. The number of fused-ring (bicyclic) bond motifs is 3. The molecular formula is C21H29N3O3. The summed E-state index contributed by atoms with van der Waals surface area (Å²) in [5.74, 6) is 3.14. The number of rotatable bonds is 7. The van der Waals surface area contributed by atoms with Gasteiger partial charge in [-0.25, -0.2) is 9.97 Å². The van der Waals surface area contributed by atoms with E-state index in [0.29, 0.717) is 38.2 Å². The summed E-state index contributed by atoms with van der Waals surface area (Å²) in [6.07, 6.45) is 8.37. The Hall–Kier alpha value is -1.92. The molecule has 0 bridgehead atoms. The lowest BCUT2D eigenvalue weighted by Crippen LogP contribution is -2.28. The molecule has 0 N–H and O–H groups in total. The molecule has 2 aliphatic rings. The third-order valence-electron chi connectivity index (χ3n) is 5.61. The first-order valence-corrected chi connectivity index (χ1v) is 10.0. The van der Waals surface area contributed by atoms with Gasteiger partial charge in [-0.3, -0.25) is 0 Å². The van der Waals surface area contributed by atoms with Crippen molar-refractivity contribution in [2.75, 3.05) is 38.4 Å². The molecular weight excluding hydrogens is 342 g/mol. The van der Waals surface area contributed by atoms with Gasteiger partial charge >= 0.3 is 0 Å². The van der Waals surface area contributed by atoms with E-state index in [2.05, 4.69) is 30.9 Å². The van der Waals surface area contributed by atoms with E-state index in [1.54, 1.807) is 7.11 Å². The lowest BCUT2D eigenvalue weighted by atomic mass is 9.92. The van der Waals surface area contributed by atoms with Gasteiger partial charge in [-0.1, -0.05) is 13.0 Å². The average Bonchev–Trinajstić information content (AvgIpc) is 3.25. The van der Waals surface area contributed by atoms with E-state index in [0.717, 1.165) is 41.5 Å². The predicted octanol–water partition coefficient (Wildman–Crippen LogP) is 3.94. The van der Waals surface area contributed by atoms with E-state index in [9.17, 15) is 0 Å². The van der Waals surface area contributed by atoms with Crippen molar-refractivity contribution in [3.8, 4) is 0 Å². The Morgan fingerprint density at radius 3 is 2.89 bits per heavy atom. The zero-order valence-electron chi connectivity index (χ0n) is 16.5. The van der Waals surface area contributed by atoms with Crippen molar-refractivity contribution < 1.29 is 13.9 Å². The number of hydrogen-bond acceptors (Lipinski definition) is 6. The molecule has 1 unspecified atom stereocenters. The van der Waals surface area contributed by atoms with Gasteiger partial charge in [0.05, 0.1) is 19.8 Å². The van der Waals surface area contributed by atoms with Gasteiger partial charge in [0.2, 0.25) is 0 Å². The summed E-state index contributed by atoms with van der Waals surface area (Å²) in [7, 11) is 1.68. The molecule has 2 atom stereocenters. The van der Waals surface area contributed by atoms with Crippen LogP contribution in [0.1, 0.15) is 56.2 Å². The number of aromatic nitrogens is 2. The maximum Gasteiger partial charge on any atom is 0.195 e. The molecule has 0 saturated carbocycles. The summed E-state index contributed by atoms with van der Waals surface area (Å²) in [6, 6.07) is 0.476. The molecule has 1 aliphatic carbocycles. The second-order valence-corrected chi connectivity index (χ2v) is 7.60. The Morgan fingerprint density at radius 1 is 1.22 bits per heavy atom. The number of ether oxygens (including phenoxy) is 2. The van der Waals surface area contributed by atoms with Gasteiger partial charge in [0.25, 0.3) is 0 Å². The molecule has 1 saturated heterocycles. The summed E-state index contributed by atoms with van der Waals surface area (Å²) in [5, 5.41) is 0. The van der Waals surface area contributed by atoms with Crippen LogP contribution in [0.2, 0.25) is 0 Å². The largest absolute Gasteiger partial charge is 0.451 e. The van der Waals surface area contributed by atoms with E-state index in [-0.39, 0.29) is 0 Å². The minimum absolute atomic E-state index is 0.413. The molecule has 4 rings (SSSR count). The highest BCUT2D eigenvalue weighted by Crippen LogP contribution is 2.40. The fourth-order valence-corrected chi connectivity index (χ4v) is 4.10. The van der Waals surface area contributed by atoms with Crippen LogP contribution in [-0.2, 0) is 15.9 Å². The topological polar surface area (TPSA) is 60.6 Å². The molecule has 146 valence electrons. The zero-order chi connectivity index (χ0) is 18.8. The summed E-state index contributed by atoms with van der Waals surface area (Å²) in [6.45, 7) is 7.32. The lowest BCUT2D eigenvalue weighted by molar-refractivity contribution is 0.0716. The van der Waals surface area contributed by atoms with Crippen LogP contribution in [0.15, 0.2) is 10.5 Å². The van der Waals surface area contributed by atoms with E-state index in [1.807, 2.05) is 0 Å². The highest BCUT2D eigenvalue weighted by Gasteiger charge is 2.30. The lowest BCUT2D eigenvalue weighted by Gasteiger charge is -2.23. The van der Waals surface area contributed by atoms with Gasteiger partial charge < -0.3 is 18.8 Å². The first kappa shape index (κ1) is 18.4. The van der Waals surface area contributed by atoms with Crippen molar-refractivity contribution in [2.45, 2.75) is 51.5 Å². The van der Waals surface area contributed by atoms with Crippen LogP contribution in [0, 0.1) is 0 Å². The van der Waals surface area contributed by atoms with Gasteiger partial charge in [-0.15, -0.1) is 0 Å². The molecule has 0 spiro atoms. The second-order valence-electron chi connectivity index (χ2n) is 7.60. The number of methoxy groups -OCH3 is 1. The van der Waals surface area contributed by atoms with Crippen LogP contribution in [0.25, 0.3) is 17.2 Å². The molecule has 2 aromatic rings. The normalized spacial score (nSPS) is 22.0. The second kappa shape index (κ2) is 7.98. The molecule has 1 aliphatic heterocycles. The Labute approximate surface area is 160 Å². The minimum atomic E-state index is 0.413. The number of nitrogens with zero attached hydrogens (tertiary/aromatic N) is 3. The molecule has 6 heteroatoms. The van der Waals surface area contributed by atoms with E-state index in [4.69, 9.17) is 23.9 Å². The number of allylic oxidation sites excluding steroid dienone is 1. The van der Waals surface area contributed by atoms with Crippen molar-refractivity contribution >= 4 is 23.0 Å². The van der Waals surface area contributed by atoms with Crippen LogP contribution < -0.4 is 4.90 Å². The fourth-order valence-electron chi connectivity index (χ4n) is 4.10. The van der Waals surface area contributed by atoms with Gasteiger partial charge in [-0.2, -0.15) is 0 Å². The average molecular weight is 371 g/mol. The predicted molar refractivity (Wildman–Crippen MR) is 106 cm³/mol. The number of hydrogen-bond donors (Lipinski definition) is 0. The van der Waals surface area contributed by atoms with E-state index in [1.165, 1.54) is 18.4 Å². The Morgan fingerprint density at radius 2 is 2.11 bits per heavy atom. The molecule has 27 heavy (non-hydrogen) atoms. The molecule has 0 amide bonds. The maximum atomic E-state index is 6.26. The molecule has 1 fully saturated rings. The van der Waals surface area contributed by atoms with Crippen LogP contribution in [0.5, 0.6) is 0 Å². The van der Waals surface area contributed by atoms with Crippen LogP contribution in [0.3, 0.4) is 0 Å². The summed E-state index contributed by atoms with van der Waals surface area (Å²) in [4.78, 5) is 12.2. The molecule has 2 aromatic heterocycles. The Kier molecular flexibility index (Phi) is 5.45. The molecule has 3 heterocycles. The van der Waals surface area contributed by atoms with Gasteiger partial charge in [0.1, 0.15) is 17.1 Å². The third kappa shape index (κ3) is 3.60. The quantitative estimate of drug-likeness (QED) is 0.687. The van der Waals surface area contributed by atoms with Gasteiger partial charge in [-0.05, 0) is 38.2 Å². The number of furan rings is 1. The van der Waals surface area contributed by atoms with E-state index >= 15 is 0 Å². The molecule has 0 radical (unpaired) electrons. The van der Waals surface area contributed by atoms with Crippen molar-refractivity contribution in [2.24, 2.45) is 0 Å². The van der Waals surface area contributed by atoms with Gasteiger partial charge in [0, 0.05) is 31.7 Å². The molecule has 6 nitrogen and oxygen atoms in total. The van der Waals surface area contributed by atoms with Crippen molar-refractivity contribution in [3.63, 3.8) is 0 Å². The molecule has 0 aromatic carbocycles.